The quantitative estimate of drug-likeness (QED) is 0.681. The van der Waals surface area contributed by atoms with Gasteiger partial charge in [0, 0.05) is 21.3 Å². The summed E-state index contributed by atoms with van der Waals surface area (Å²) in [6.45, 7) is 1.91. The molecule has 3 nitrogen and oxygen atoms in total. The van der Waals surface area contributed by atoms with Gasteiger partial charge in [0.05, 0.1) is 5.56 Å². The number of aryl methyl sites for hydroxylation is 1. The number of carbonyl (C=O) groups is 1. The Morgan fingerprint density at radius 2 is 1.95 bits per heavy atom. The summed E-state index contributed by atoms with van der Waals surface area (Å²) in [6.07, 6.45) is 0. The van der Waals surface area contributed by atoms with Crippen LogP contribution >= 0.6 is 23.2 Å². The van der Waals surface area contributed by atoms with Crippen LogP contribution in [0.2, 0.25) is 10.0 Å². The Labute approximate surface area is 127 Å². The number of carbonyl (C=O) groups excluding carboxylic acids is 1. The van der Waals surface area contributed by atoms with Gasteiger partial charge in [-0.2, -0.15) is 0 Å². The van der Waals surface area contributed by atoms with E-state index in [-0.39, 0.29) is 6.61 Å². The van der Waals surface area contributed by atoms with Gasteiger partial charge in [-0.15, -0.1) is 0 Å². The molecule has 0 aromatic heterocycles. The van der Waals surface area contributed by atoms with Crippen molar-refractivity contribution in [2.45, 2.75) is 13.5 Å². The van der Waals surface area contributed by atoms with Gasteiger partial charge in [-0.05, 0) is 36.8 Å². The van der Waals surface area contributed by atoms with E-state index in [0.29, 0.717) is 26.9 Å². The minimum atomic E-state index is -0.430. The van der Waals surface area contributed by atoms with Gasteiger partial charge in [0.25, 0.3) is 0 Å². The van der Waals surface area contributed by atoms with Crippen LogP contribution in [-0.4, -0.2) is 5.97 Å². The molecule has 104 valence electrons. The van der Waals surface area contributed by atoms with Crippen LogP contribution in [0.3, 0.4) is 0 Å². The number of ether oxygens (including phenoxy) is 1. The predicted molar refractivity (Wildman–Crippen MR) is 81.2 cm³/mol. The summed E-state index contributed by atoms with van der Waals surface area (Å²) in [5.41, 5.74) is 8.16. The Morgan fingerprint density at radius 3 is 2.65 bits per heavy atom. The monoisotopic (exact) mass is 309 g/mol. The molecule has 0 radical (unpaired) electrons. The van der Waals surface area contributed by atoms with Gasteiger partial charge in [-0.25, -0.2) is 4.79 Å². The zero-order valence-electron chi connectivity index (χ0n) is 10.8. The maximum atomic E-state index is 12.0. The summed E-state index contributed by atoms with van der Waals surface area (Å²) in [5.74, 6) is -0.430. The molecule has 0 spiro atoms. The van der Waals surface area contributed by atoms with Crippen molar-refractivity contribution in [1.29, 1.82) is 0 Å². The smallest absolute Gasteiger partial charge is 0.338 e. The van der Waals surface area contributed by atoms with E-state index in [1.165, 1.54) is 0 Å². The SMILES string of the molecule is Cc1ccc(N)cc1C(=O)OCc1ccc(Cl)cc1Cl. The molecule has 5 heteroatoms. The number of hydrogen-bond acceptors (Lipinski definition) is 3. The average molecular weight is 310 g/mol. The predicted octanol–water partition coefficient (Wildman–Crippen LogP) is 4.24. The molecule has 2 rings (SSSR count). The fraction of sp³-hybridized carbons (Fsp3) is 0.133. The van der Waals surface area contributed by atoms with Gasteiger partial charge in [0.15, 0.2) is 0 Å². The Balaban J connectivity index is 2.10. The first kappa shape index (κ1) is 14.7. The van der Waals surface area contributed by atoms with Gasteiger partial charge < -0.3 is 10.5 Å². The van der Waals surface area contributed by atoms with E-state index in [2.05, 4.69) is 0 Å². The summed E-state index contributed by atoms with van der Waals surface area (Å²) < 4.78 is 5.25. The molecule has 0 saturated carbocycles. The second-order valence-electron chi connectivity index (χ2n) is 4.39. The van der Waals surface area contributed by atoms with E-state index in [1.807, 2.05) is 6.92 Å². The molecule has 0 heterocycles. The molecular weight excluding hydrogens is 297 g/mol. The van der Waals surface area contributed by atoms with Crippen LogP contribution in [0.15, 0.2) is 36.4 Å². The number of hydrogen-bond donors (Lipinski definition) is 1. The van der Waals surface area contributed by atoms with E-state index in [9.17, 15) is 4.79 Å². The molecular formula is C15H13Cl2NO2. The number of halogens is 2. The number of benzene rings is 2. The van der Waals surface area contributed by atoms with E-state index < -0.39 is 5.97 Å². The fourth-order valence-electron chi connectivity index (χ4n) is 1.72. The lowest BCUT2D eigenvalue weighted by atomic mass is 10.1. The highest BCUT2D eigenvalue weighted by molar-refractivity contribution is 6.35. The van der Waals surface area contributed by atoms with Gasteiger partial charge in [-0.3, -0.25) is 0 Å². The third-order valence-corrected chi connectivity index (χ3v) is 3.44. The van der Waals surface area contributed by atoms with Crippen LogP contribution in [0, 0.1) is 6.92 Å². The number of anilines is 1. The molecule has 0 bridgehead atoms. The van der Waals surface area contributed by atoms with Crippen molar-refractivity contribution in [3.63, 3.8) is 0 Å². The van der Waals surface area contributed by atoms with Crippen LogP contribution in [0.4, 0.5) is 5.69 Å². The molecule has 0 saturated heterocycles. The van der Waals surface area contributed by atoms with Crippen molar-refractivity contribution < 1.29 is 9.53 Å². The molecule has 0 aliphatic heterocycles. The Hall–Kier alpha value is -1.71. The highest BCUT2D eigenvalue weighted by atomic mass is 35.5. The van der Waals surface area contributed by atoms with Crippen LogP contribution in [0.5, 0.6) is 0 Å². The maximum Gasteiger partial charge on any atom is 0.338 e. The summed E-state index contributed by atoms with van der Waals surface area (Å²) in [4.78, 5) is 12.0. The molecule has 0 aliphatic carbocycles. The van der Waals surface area contributed by atoms with Gasteiger partial charge in [0.2, 0.25) is 0 Å². The zero-order chi connectivity index (χ0) is 14.7. The lowest BCUT2D eigenvalue weighted by Crippen LogP contribution is -2.08. The molecule has 2 aromatic rings. The lowest BCUT2D eigenvalue weighted by molar-refractivity contribution is 0.0472. The summed E-state index contributed by atoms with van der Waals surface area (Å²) in [7, 11) is 0. The molecule has 0 atom stereocenters. The van der Waals surface area contributed by atoms with Crippen LogP contribution < -0.4 is 5.73 Å². The molecule has 2 N–H and O–H groups in total. The average Bonchev–Trinajstić information content (AvgIpc) is 2.40. The summed E-state index contributed by atoms with van der Waals surface area (Å²) in [6, 6.07) is 10.1. The first-order valence-corrected chi connectivity index (χ1v) is 6.70. The van der Waals surface area contributed by atoms with Gasteiger partial charge in [0.1, 0.15) is 6.61 Å². The zero-order valence-corrected chi connectivity index (χ0v) is 12.3. The minimum Gasteiger partial charge on any atom is -0.457 e. The number of rotatable bonds is 3. The van der Waals surface area contributed by atoms with E-state index >= 15 is 0 Å². The Morgan fingerprint density at radius 1 is 1.20 bits per heavy atom. The van der Waals surface area contributed by atoms with Crippen molar-refractivity contribution >= 4 is 34.9 Å². The molecule has 2 aromatic carbocycles. The van der Waals surface area contributed by atoms with Crippen molar-refractivity contribution in [1.82, 2.24) is 0 Å². The molecule has 0 aliphatic rings. The second kappa shape index (κ2) is 6.16. The number of nitrogens with two attached hydrogens (primary N) is 1. The van der Waals surface area contributed by atoms with Crippen molar-refractivity contribution in [3.05, 3.63) is 63.1 Å². The Kier molecular flexibility index (Phi) is 4.53. The standard InChI is InChI=1S/C15H13Cl2NO2/c1-9-2-5-12(18)7-13(9)15(19)20-8-10-3-4-11(16)6-14(10)17/h2-7H,8,18H2,1H3. The highest BCUT2D eigenvalue weighted by Crippen LogP contribution is 2.22. The highest BCUT2D eigenvalue weighted by Gasteiger charge is 2.12. The minimum absolute atomic E-state index is 0.0864. The van der Waals surface area contributed by atoms with Crippen LogP contribution in [-0.2, 0) is 11.3 Å². The lowest BCUT2D eigenvalue weighted by Gasteiger charge is -2.09. The Bertz CT molecular complexity index is 656. The first-order chi connectivity index (χ1) is 9.47. The third-order valence-electron chi connectivity index (χ3n) is 2.86. The normalized spacial score (nSPS) is 10.3. The summed E-state index contributed by atoms with van der Waals surface area (Å²) >= 11 is 11.8. The number of nitrogen functional groups attached to an aromatic ring is 1. The van der Waals surface area contributed by atoms with E-state index in [1.54, 1.807) is 36.4 Å². The topological polar surface area (TPSA) is 52.3 Å². The van der Waals surface area contributed by atoms with E-state index in [0.717, 1.165) is 5.56 Å². The van der Waals surface area contributed by atoms with Crippen LogP contribution in [0.25, 0.3) is 0 Å². The van der Waals surface area contributed by atoms with Crippen molar-refractivity contribution in [2.75, 3.05) is 5.73 Å². The maximum absolute atomic E-state index is 12.0. The summed E-state index contributed by atoms with van der Waals surface area (Å²) in [5, 5.41) is 1.01. The molecule has 0 unspecified atom stereocenters. The molecule has 0 fully saturated rings. The third kappa shape index (κ3) is 3.44. The van der Waals surface area contributed by atoms with Gasteiger partial charge >= 0.3 is 5.97 Å². The van der Waals surface area contributed by atoms with E-state index in [4.69, 9.17) is 33.7 Å². The number of esters is 1. The van der Waals surface area contributed by atoms with Crippen molar-refractivity contribution in [2.24, 2.45) is 0 Å². The van der Waals surface area contributed by atoms with Crippen LogP contribution in [0.1, 0.15) is 21.5 Å². The van der Waals surface area contributed by atoms with Gasteiger partial charge in [-0.1, -0.05) is 35.3 Å². The second-order valence-corrected chi connectivity index (χ2v) is 5.23. The molecule has 0 amide bonds. The van der Waals surface area contributed by atoms with Crippen molar-refractivity contribution in [3.8, 4) is 0 Å². The fourth-order valence-corrected chi connectivity index (χ4v) is 2.18. The largest absolute Gasteiger partial charge is 0.457 e. The molecule has 20 heavy (non-hydrogen) atoms. The first-order valence-electron chi connectivity index (χ1n) is 5.94.